The number of amides is 1. The molecular weight excluding hydrogens is 474 g/mol. The molecule has 0 unspecified atom stereocenters. The third-order valence-corrected chi connectivity index (χ3v) is 6.55. The van der Waals surface area contributed by atoms with E-state index in [0.29, 0.717) is 16.3 Å². The third kappa shape index (κ3) is 5.62. The molecule has 0 aliphatic heterocycles. The minimum atomic E-state index is -0.681. The van der Waals surface area contributed by atoms with Crippen molar-refractivity contribution in [1.29, 1.82) is 0 Å². The van der Waals surface area contributed by atoms with E-state index in [1.807, 2.05) is 53.9 Å². The van der Waals surface area contributed by atoms with Crippen molar-refractivity contribution < 1.29 is 28.6 Å². The molecule has 0 bridgehead atoms. The molecular formula is C25H21NO6S2. The Labute approximate surface area is 203 Å². The number of esters is 2. The summed E-state index contributed by atoms with van der Waals surface area (Å²) in [7, 11) is 0. The molecule has 7 nitrogen and oxygen atoms in total. The first-order valence-electron chi connectivity index (χ1n) is 10.4. The normalized spacial score (nSPS) is 10.6. The Kier molecular flexibility index (Phi) is 7.56. The average Bonchev–Trinajstić information content (AvgIpc) is 3.51. The molecule has 0 radical (unpaired) electrons. The van der Waals surface area contributed by atoms with Gasteiger partial charge in [-0.3, -0.25) is 4.79 Å². The lowest BCUT2D eigenvalue weighted by Gasteiger charge is -2.09. The molecule has 4 rings (SSSR count). The molecule has 0 aliphatic rings. The van der Waals surface area contributed by atoms with Crippen LogP contribution >= 0.6 is 22.7 Å². The Bertz CT molecular complexity index is 1310. The first kappa shape index (κ1) is 23.5. The van der Waals surface area contributed by atoms with Gasteiger partial charge in [-0.1, -0.05) is 36.4 Å². The lowest BCUT2D eigenvalue weighted by Crippen LogP contribution is -2.24. The number of fused-ring (bicyclic) bond motifs is 1. The van der Waals surface area contributed by atoms with E-state index in [4.69, 9.17) is 14.2 Å². The predicted molar refractivity (Wildman–Crippen MR) is 133 cm³/mol. The maximum absolute atomic E-state index is 12.5. The maximum Gasteiger partial charge on any atom is 0.344 e. The van der Waals surface area contributed by atoms with Gasteiger partial charge in [0.2, 0.25) is 0 Å². The molecule has 9 heteroatoms. The molecule has 1 amide bonds. The fraction of sp³-hybridized carbons (Fsp3) is 0.160. The number of carbonyl (C=O) groups excluding carboxylic acids is 3. The summed E-state index contributed by atoms with van der Waals surface area (Å²) in [6.07, 6.45) is 0. The summed E-state index contributed by atoms with van der Waals surface area (Å²) in [5.74, 6) is -1.24. The van der Waals surface area contributed by atoms with Crippen molar-refractivity contribution in [2.75, 3.05) is 25.1 Å². The van der Waals surface area contributed by atoms with Gasteiger partial charge in [-0.15, -0.1) is 22.7 Å². The summed E-state index contributed by atoms with van der Waals surface area (Å²) in [6.45, 7) is 1.09. The Morgan fingerprint density at radius 1 is 0.912 bits per heavy atom. The van der Waals surface area contributed by atoms with E-state index >= 15 is 0 Å². The summed E-state index contributed by atoms with van der Waals surface area (Å²) in [5.41, 5.74) is 0.975. The highest BCUT2D eigenvalue weighted by Crippen LogP contribution is 2.38. The molecule has 34 heavy (non-hydrogen) atoms. The van der Waals surface area contributed by atoms with Crippen LogP contribution in [0.25, 0.3) is 21.2 Å². The summed E-state index contributed by atoms with van der Waals surface area (Å²) in [5, 5.41) is 8.73. The van der Waals surface area contributed by atoms with Crippen LogP contribution in [0.3, 0.4) is 0 Å². The number of ether oxygens (including phenoxy) is 3. The number of nitrogens with one attached hydrogen (secondary N) is 1. The van der Waals surface area contributed by atoms with E-state index in [2.05, 4.69) is 5.32 Å². The van der Waals surface area contributed by atoms with Gasteiger partial charge in [0.15, 0.2) is 13.2 Å². The van der Waals surface area contributed by atoms with E-state index in [-0.39, 0.29) is 18.8 Å². The maximum atomic E-state index is 12.5. The number of thiophene rings is 2. The van der Waals surface area contributed by atoms with Crippen molar-refractivity contribution in [3.8, 4) is 16.2 Å². The molecule has 0 atom stereocenters. The van der Waals surface area contributed by atoms with E-state index in [1.165, 1.54) is 22.7 Å². The first-order valence-corrected chi connectivity index (χ1v) is 12.2. The van der Waals surface area contributed by atoms with E-state index in [0.717, 1.165) is 15.6 Å². The molecule has 4 aromatic rings. The van der Waals surface area contributed by atoms with Crippen molar-refractivity contribution in [1.82, 2.24) is 0 Å². The van der Waals surface area contributed by atoms with Crippen LogP contribution in [0.1, 0.15) is 17.3 Å². The predicted octanol–water partition coefficient (Wildman–Crippen LogP) is 5.37. The number of hydrogen-bond donors (Lipinski definition) is 1. The van der Waals surface area contributed by atoms with E-state index < -0.39 is 24.5 Å². The summed E-state index contributed by atoms with van der Waals surface area (Å²) < 4.78 is 15.7. The van der Waals surface area contributed by atoms with Crippen LogP contribution in [0.2, 0.25) is 0 Å². The van der Waals surface area contributed by atoms with Gasteiger partial charge >= 0.3 is 11.9 Å². The van der Waals surface area contributed by atoms with Crippen molar-refractivity contribution in [3.05, 3.63) is 70.9 Å². The number of hydrogen-bond acceptors (Lipinski definition) is 8. The van der Waals surface area contributed by atoms with Crippen LogP contribution in [0, 0.1) is 0 Å². The van der Waals surface area contributed by atoms with Crippen LogP contribution in [0.4, 0.5) is 5.00 Å². The summed E-state index contributed by atoms with van der Waals surface area (Å²) in [4.78, 5) is 37.9. The van der Waals surface area contributed by atoms with Gasteiger partial charge in [-0.2, -0.15) is 0 Å². The fourth-order valence-electron chi connectivity index (χ4n) is 3.22. The van der Waals surface area contributed by atoms with Gasteiger partial charge in [0.1, 0.15) is 16.3 Å². The molecule has 0 spiro atoms. The van der Waals surface area contributed by atoms with Crippen LogP contribution in [-0.4, -0.2) is 37.7 Å². The van der Waals surface area contributed by atoms with Crippen molar-refractivity contribution in [3.63, 3.8) is 0 Å². The lowest BCUT2D eigenvalue weighted by atomic mass is 10.1. The molecule has 0 saturated heterocycles. The second-order valence-corrected chi connectivity index (χ2v) is 8.89. The minimum Gasteiger partial charge on any atom is -0.482 e. The monoisotopic (exact) mass is 495 g/mol. The van der Waals surface area contributed by atoms with E-state index in [1.54, 1.807) is 18.4 Å². The minimum absolute atomic E-state index is 0.209. The van der Waals surface area contributed by atoms with E-state index in [9.17, 15) is 14.4 Å². The second-order valence-electron chi connectivity index (χ2n) is 7.06. The zero-order valence-corrected chi connectivity index (χ0v) is 19.9. The number of rotatable bonds is 9. The topological polar surface area (TPSA) is 90.9 Å². The number of anilines is 1. The van der Waals surface area contributed by atoms with Crippen LogP contribution in [0.15, 0.2) is 65.4 Å². The smallest absolute Gasteiger partial charge is 0.344 e. The van der Waals surface area contributed by atoms with Gasteiger partial charge in [0, 0.05) is 15.8 Å². The quantitative estimate of drug-likeness (QED) is 0.314. The number of benzene rings is 2. The molecule has 2 heterocycles. The molecule has 2 aromatic carbocycles. The first-order chi connectivity index (χ1) is 16.5. The number of carbonyl (C=O) groups is 3. The Balaban J connectivity index is 1.33. The average molecular weight is 496 g/mol. The van der Waals surface area contributed by atoms with Crippen molar-refractivity contribution in [2.45, 2.75) is 6.92 Å². The fourth-order valence-corrected chi connectivity index (χ4v) is 5.01. The largest absolute Gasteiger partial charge is 0.482 e. The molecule has 0 saturated carbocycles. The van der Waals surface area contributed by atoms with Crippen LogP contribution in [-0.2, 0) is 19.1 Å². The molecule has 174 valence electrons. The molecule has 1 N–H and O–H groups in total. The zero-order chi connectivity index (χ0) is 23.9. The highest BCUT2D eigenvalue weighted by atomic mass is 32.1. The second kappa shape index (κ2) is 11.0. The van der Waals surface area contributed by atoms with Gasteiger partial charge < -0.3 is 19.5 Å². The molecule has 0 aliphatic carbocycles. The Morgan fingerprint density at radius 3 is 2.50 bits per heavy atom. The SMILES string of the molecule is CCOC(=O)c1c(-c2cccs2)csc1NC(=O)COC(=O)COc1ccc2ccccc2c1. The highest BCUT2D eigenvalue weighted by Gasteiger charge is 2.23. The Hall–Kier alpha value is -3.69. The summed E-state index contributed by atoms with van der Waals surface area (Å²) in [6, 6.07) is 17.1. The van der Waals surface area contributed by atoms with Crippen LogP contribution < -0.4 is 10.1 Å². The standard InChI is InChI=1S/C25H21NO6S2/c1-2-30-25(29)23-19(20-8-5-11-33-20)15-34-24(23)26-21(27)13-32-22(28)14-31-18-10-9-16-6-3-4-7-17(16)12-18/h3-12,15H,2,13-14H2,1H3,(H,26,27). The van der Waals surface area contributed by atoms with Gasteiger partial charge in [0.05, 0.1) is 6.61 Å². The van der Waals surface area contributed by atoms with Gasteiger partial charge in [-0.05, 0) is 41.3 Å². The molecule has 2 aromatic heterocycles. The molecule has 0 fully saturated rings. The lowest BCUT2D eigenvalue weighted by molar-refractivity contribution is -0.149. The van der Waals surface area contributed by atoms with Gasteiger partial charge in [-0.25, -0.2) is 9.59 Å². The van der Waals surface area contributed by atoms with Crippen molar-refractivity contribution >= 4 is 56.3 Å². The summed E-state index contributed by atoms with van der Waals surface area (Å²) >= 11 is 2.69. The third-order valence-electron chi connectivity index (χ3n) is 4.75. The van der Waals surface area contributed by atoms with Crippen molar-refractivity contribution in [2.24, 2.45) is 0 Å². The highest BCUT2D eigenvalue weighted by molar-refractivity contribution is 7.17. The Morgan fingerprint density at radius 2 is 1.74 bits per heavy atom. The zero-order valence-electron chi connectivity index (χ0n) is 18.2. The van der Waals surface area contributed by atoms with Crippen LogP contribution in [0.5, 0.6) is 5.75 Å². The van der Waals surface area contributed by atoms with Gasteiger partial charge in [0.25, 0.3) is 5.91 Å².